The Kier molecular flexibility index (Phi) is 4.19. The zero-order valence-corrected chi connectivity index (χ0v) is 11.5. The van der Waals surface area contributed by atoms with E-state index in [1.165, 1.54) is 5.56 Å². The second-order valence-corrected chi connectivity index (χ2v) is 5.59. The molecule has 5 nitrogen and oxygen atoms in total. The van der Waals surface area contributed by atoms with Crippen LogP contribution in [0.15, 0.2) is 24.5 Å². The smallest absolute Gasteiger partial charge is 0.0931 e. The summed E-state index contributed by atoms with van der Waals surface area (Å²) >= 11 is 0. The molecule has 1 aromatic carbocycles. The summed E-state index contributed by atoms with van der Waals surface area (Å²) in [6.45, 7) is 5.80. The van der Waals surface area contributed by atoms with Gasteiger partial charge >= 0.3 is 0 Å². The van der Waals surface area contributed by atoms with E-state index in [0.29, 0.717) is 6.54 Å². The third kappa shape index (κ3) is 3.32. The zero-order valence-electron chi connectivity index (χ0n) is 11.5. The summed E-state index contributed by atoms with van der Waals surface area (Å²) in [7, 11) is 0. The van der Waals surface area contributed by atoms with Crippen LogP contribution in [0.5, 0.6) is 0 Å². The van der Waals surface area contributed by atoms with Gasteiger partial charge in [-0.15, -0.1) is 0 Å². The van der Waals surface area contributed by atoms with Gasteiger partial charge in [0.05, 0.1) is 24.0 Å². The lowest BCUT2D eigenvalue weighted by molar-refractivity contribution is 0.260. The molecule has 0 saturated carbocycles. The van der Waals surface area contributed by atoms with E-state index in [9.17, 15) is 0 Å². The average Bonchev–Trinajstić information content (AvgIpc) is 2.85. The van der Waals surface area contributed by atoms with Gasteiger partial charge in [0.2, 0.25) is 0 Å². The molecule has 0 aliphatic carbocycles. The molecule has 2 rings (SSSR count). The zero-order chi connectivity index (χ0) is 13.9. The van der Waals surface area contributed by atoms with Crippen molar-refractivity contribution < 1.29 is 5.11 Å². The van der Waals surface area contributed by atoms with Gasteiger partial charge < -0.3 is 21.1 Å². The number of nitrogens with zero attached hydrogens (tertiary/aromatic N) is 1. The van der Waals surface area contributed by atoms with Gasteiger partial charge in [0, 0.05) is 24.5 Å². The first-order valence-corrected chi connectivity index (χ1v) is 6.54. The molecular formula is C14H22N4O. The Labute approximate surface area is 113 Å². The van der Waals surface area contributed by atoms with Crippen LogP contribution in [-0.2, 0) is 5.41 Å². The van der Waals surface area contributed by atoms with Gasteiger partial charge in [-0.3, -0.25) is 0 Å². The van der Waals surface area contributed by atoms with Crippen molar-refractivity contribution in [3.8, 4) is 0 Å². The molecule has 0 fully saturated rings. The van der Waals surface area contributed by atoms with Crippen molar-refractivity contribution in [2.75, 3.05) is 19.7 Å². The fraction of sp³-hybridized carbons (Fsp3) is 0.500. The highest BCUT2D eigenvalue weighted by atomic mass is 16.3. The Bertz CT molecular complexity index is 535. The predicted octanol–water partition coefficient (Wildman–Crippen LogP) is 0.750. The monoisotopic (exact) mass is 262 g/mol. The lowest BCUT2D eigenvalue weighted by Crippen LogP contribution is -2.41. The van der Waals surface area contributed by atoms with E-state index in [1.54, 1.807) is 6.33 Å². The van der Waals surface area contributed by atoms with Crippen molar-refractivity contribution in [1.82, 2.24) is 15.3 Å². The molecule has 1 aromatic heterocycles. The standard InChI is InChI=1S/C14H22N4O/c1-14(2,8-16-6-11(15)7-19)10-3-4-12-13(5-10)18-9-17-12/h3-5,9,11,16,19H,6-8,15H2,1-2H3,(H,17,18). The largest absolute Gasteiger partial charge is 0.395 e. The van der Waals surface area contributed by atoms with E-state index >= 15 is 0 Å². The number of hydrogen-bond acceptors (Lipinski definition) is 4. The minimum atomic E-state index is -0.203. The number of benzene rings is 1. The van der Waals surface area contributed by atoms with Crippen molar-refractivity contribution >= 4 is 11.0 Å². The molecule has 0 aliphatic rings. The maximum Gasteiger partial charge on any atom is 0.0931 e. The van der Waals surface area contributed by atoms with Crippen LogP contribution in [0.2, 0.25) is 0 Å². The molecule has 1 unspecified atom stereocenters. The minimum Gasteiger partial charge on any atom is -0.395 e. The van der Waals surface area contributed by atoms with Crippen LogP contribution < -0.4 is 11.1 Å². The van der Waals surface area contributed by atoms with E-state index in [4.69, 9.17) is 10.8 Å². The third-order valence-electron chi connectivity index (χ3n) is 3.41. The topological polar surface area (TPSA) is 87.0 Å². The molecular weight excluding hydrogens is 240 g/mol. The van der Waals surface area contributed by atoms with Crippen LogP contribution in [0.4, 0.5) is 0 Å². The van der Waals surface area contributed by atoms with Crippen LogP contribution in [0.25, 0.3) is 11.0 Å². The van der Waals surface area contributed by atoms with Crippen LogP contribution >= 0.6 is 0 Å². The first kappa shape index (κ1) is 14.0. The fourth-order valence-electron chi connectivity index (χ4n) is 2.09. The van der Waals surface area contributed by atoms with Gasteiger partial charge in [-0.1, -0.05) is 19.9 Å². The Morgan fingerprint density at radius 2 is 2.26 bits per heavy atom. The lowest BCUT2D eigenvalue weighted by atomic mass is 9.84. The number of nitrogens with one attached hydrogen (secondary N) is 2. The van der Waals surface area contributed by atoms with Crippen LogP contribution in [0.1, 0.15) is 19.4 Å². The van der Waals surface area contributed by atoms with Gasteiger partial charge in [0.1, 0.15) is 0 Å². The van der Waals surface area contributed by atoms with Crippen molar-refractivity contribution in [2.24, 2.45) is 5.73 Å². The predicted molar refractivity (Wildman–Crippen MR) is 77.1 cm³/mol. The highest BCUT2D eigenvalue weighted by Crippen LogP contribution is 2.24. The number of aliphatic hydroxyl groups is 1. The molecule has 0 radical (unpaired) electrons. The number of aromatic amines is 1. The average molecular weight is 262 g/mol. The summed E-state index contributed by atoms with van der Waals surface area (Å²) in [6.07, 6.45) is 1.71. The van der Waals surface area contributed by atoms with Crippen molar-refractivity contribution in [3.63, 3.8) is 0 Å². The number of rotatable bonds is 6. The summed E-state index contributed by atoms with van der Waals surface area (Å²) in [6, 6.07) is 6.07. The first-order valence-electron chi connectivity index (χ1n) is 6.54. The van der Waals surface area contributed by atoms with Crippen LogP contribution in [0.3, 0.4) is 0 Å². The maximum absolute atomic E-state index is 8.90. The molecule has 104 valence electrons. The van der Waals surface area contributed by atoms with Gasteiger partial charge in [-0.25, -0.2) is 4.98 Å². The summed E-state index contributed by atoms with van der Waals surface area (Å²) in [5.41, 5.74) is 8.95. The summed E-state index contributed by atoms with van der Waals surface area (Å²) < 4.78 is 0. The quantitative estimate of drug-likeness (QED) is 0.619. The summed E-state index contributed by atoms with van der Waals surface area (Å²) in [5, 5.41) is 12.2. The summed E-state index contributed by atoms with van der Waals surface area (Å²) in [4.78, 5) is 7.35. The Balaban J connectivity index is 2.05. The van der Waals surface area contributed by atoms with E-state index in [0.717, 1.165) is 17.6 Å². The molecule has 19 heavy (non-hydrogen) atoms. The van der Waals surface area contributed by atoms with Gasteiger partial charge in [-0.05, 0) is 17.7 Å². The fourth-order valence-corrected chi connectivity index (χ4v) is 2.09. The van der Waals surface area contributed by atoms with Crippen molar-refractivity contribution in [3.05, 3.63) is 30.1 Å². The molecule has 0 bridgehead atoms. The van der Waals surface area contributed by atoms with E-state index in [2.05, 4.69) is 41.3 Å². The first-order chi connectivity index (χ1) is 9.03. The molecule has 5 N–H and O–H groups in total. The van der Waals surface area contributed by atoms with E-state index in [1.807, 2.05) is 6.07 Å². The molecule has 2 aromatic rings. The third-order valence-corrected chi connectivity index (χ3v) is 3.41. The van der Waals surface area contributed by atoms with Gasteiger partial charge in [0.15, 0.2) is 0 Å². The highest BCUT2D eigenvalue weighted by Gasteiger charge is 2.21. The molecule has 0 spiro atoms. The summed E-state index contributed by atoms with van der Waals surface area (Å²) in [5.74, 6) is 0. The molecule has 0 aliphatic heterocycles. The normalized spacial score (nSPS) is 13.9. The number of nitrogens with two attached hydrogens (primary N) is 1. The number of fused-ring (bicyclic) bond motifs is 1. The van der Waals surface area contributed by atoms with Crippen LogP contribution in [-0.4, -0.2) is 40.8 Å². The SMILES string of the molecule is CC(C)(CNCC(N)CO)c1ccc2nc[nH]c2c1. The van der Waals surface area contributed by atoms with Crippen molar-refractivity contribution in [1.29, 1.82) is 0 Å². The molecule has 1 heterocycles. The van der Waals surface area contributed by atoms with Gasteiger partial charge in [-0.2, -0.15) is 0 Å². The number of aliphatic hydroxyl groups excluding tert-OH is 1. The highest BCUT2D eigenvalue weighted by molar-refractivity contribution is 5.75. The molecule has 0 saturated heterocycles. The Morgan fingerprint density at radius 1 is 1.47 bits per heavy atom. The Morgan fingerprint density at radius 3 is 3.00 bits per heavy atom. The number of hydrogen-bond donors (Lipinski definition) is 4. The van der Waals surface area contributed by atoms with Gasteiger partial charge in [0.25, 0.3) is 0 Å². The molecule has 1 atom stereocenters. The number of H-pyrrole nitrogens is 1. The lowest BCUT2D eigenvalue weighted by Gasteiger charge is -2.26. The molecule has 0 amide bonds. The van der Waals surface area contributed by atoms with E-state index in [-0.39, 0.29) is 18.1 Å². The number of imidazole rings is 1. The van der Waals surface area contributed by atoms with E-state index < -0.39 is 0 Å². The maximum atomic E-state index is 8.90. The van der Waals surface area contributed by atoms with Crippen molar-refractivity contribution in [2.45, 2.75) is 25.3 Å². The second kappa shape index (κ2) is 5.69. The number of aromatic nitrogens is 2. The second-order valence-electron chi connectivity index (χ2n) is 5.59. The Hall–Kier alpha value is -1.43. The minimum absolute atomic E-state index is 0.00548. The molecule has 5 heteroatoms. The van der Waals surface area contributed by atoms with Crippen LogP contribution in [0, 0.1) is 0 Å².